The molecule has 37 heavy (non-hydrogen) atoms. The standard InChI is InChI=1S/C29H21ClFNO5/c1-14(2)15-7-9-16(10-8-15)24-22-23(28(36)32(27(22)35)17-11-12-21(31)20(30)13-17)29(37-24)25(33)18-5-3-4-6-19(18)26(29)34/h3-14,22-24H,1-2H3/t22-,23-,24+/m0/s1. The van der Waals surface area contributed by atoms with Crippen molar-refractivity contribution < 1.29 is 28.3 Å². The number of hydrogen-bond acceptors (Lipinski definition) is 5. The van der Waals surface area contributed by atoms with E-state index in [4.69, 9.17) is 16.3 Å². The highest BCUT2D eigenvalue weighted by molar-refractivity contribution is 6.37. The highest BCUT2D eigenvalue weighted by Crippen LogP contribution is 2.57. The number of carbonyl (C=O) groups is 4. The summed E-state index contributed by atoms with van der Waals surface area (Å²) < 4.78 is 20.1. The summed E-state index contributed by atoms with van der Waals surface area (Å²) in [6.07, 6.45) is -1.02. The molecule has 6 rings (SSSR count). The van der Waals surface area contributed by atoms with Crippen LogP contribution in [0.1, 0.15) is 57.7 Å². The Hall–Kier alpha value is -3.68. The highest BCUT2D eigenvalue weighted by atomic mass is 35.5. The summed E-state index contributed by atoms with van der Waals surface area (Å²) in [7, 11) is 0. The third kappa shape index (κ3) is 3.14. The molecule has 0 bridgehead atoms. The maximum atomic E-state index is 13.9. The van der Waals surface area contributed by atoms with Gasteiger partial charge in [0.15, 0.2) is 0 Å². The first-order chi connectivity index (χ1) is 17.7. The van der Waals surface area contributed by atoms with Crippen molar-refractivity contribution in [3.05, 3.63) is 99.8 Å². The van der Waals surface area contributed by atoms with E-state index in [-0.39, 0.29) is 27.8 Å². The van der Waals surface area contributed by atoms with Crippen molar-refractivity contribution in [2.45, 2.75) is 31.5 Å². The van der Waals surface area contributed by atoms with E-state index in [1.807, 2.05) is 26.0 Å². The highest BCUT2D eigenvalue weighted by Gasteiger charge is 2.74. The van der Waals surface area contributed by atoms with Crippen molar-refractivity contribution in [2.24, 2.45) is 11.8 Å². The zero-order valence-corrected chi connectivity index (χ0v) is 20.7. The summed E-state index contributed by atoms with van der Waals surface area (Å²) in [4.78, 5) is 56.2. The zero-order valence-electron chi connectivity index (χ0n) is 19.9. The van der Waals surface area contributed by atoms with Crippen LogP contribution in [-0.4, -0.2) is 29.0 Å². The zero-order chi connectivity index (χ0) is 26.2. The van der Waals surface area contributed by atoms with Crippen molar-refractivity contribution in [3.63, 3.8) is 0 Å². The molecule has 0 saturated carbocycles. The van der Waals surface area contributed by atoms with Crippen LogP contribution in [0.5, 0.6) is 0 Å². The van der Waals surface area contributed by atoms with Crippen LogP contribution in [0.4, 0.5) is 10.1 Å². The number of ketones is 2. The van der Waals surface area contributed by atoms with Crippen LogP contribution < -0.4 is 4.90 Å². The summed E-state index contributed by atoms with van der Waals surface area (Å²) in [6.45, 7) is 4.09. The van der Waals surface area contributed by atoms with Crippen LogP contribution in [0.25, 0.3) is 0 Å². The molecule has 3 aromatic rings. The van der Waals surface area contributed by atoms with Crippen LogP contribution in [0.2, 0.25) is 5.02 Å². The van der Waals surface area contributed by atoms with Gasteiger partial charge >= 0.3 is 0 Å². The number of carbonyl (C=O) groups excluding carboxylic acids is 4. The van der Waals surface area contributed by atoms with Gasteiger partial charge in [0.1, 0.15) is 5.82 Å². The maximum absolute atomic E-state index is 13.9. The van der Waals surface area contributed by atoms with E-state index in [0.717, 1.165) is 16.5 Å². The minimum Gasteiger partial charge on any atom is -0.349 e. The molecule has 0 N–H and O–H groups in total. The molecule has 6 nitrogen and oxygen atoms in total. The van der Waals surface area contributed by atoms with Crippen molar-refractivity contribution >= 4 is 40.7 Å². The Morgan fingerprint density at radius 3 is 2.08 bits per heavy atom. The van der Waals surface area contributed by atoms with E-state index >= 15 is 0 Å². The molecule has 8 heteroatoms. The molecule has 2 fully saturated rings. The Kier molecular flexibility index (Phi) is 5.23. The fourth-order valence-electron chi connectivity index (χ4n) is 5.77. The van der Waals surface area contributed by atoms with Crippen molar-refractivity contribution in [2.75, 3.05) is 4.90 Å². The molecule has 1 aliphatic carbocycles. The molecule has 186 valence electrons. The Morgan fingerprint density at radius 2 is 1.51 bits per heavy atom. The van der Waals surface area contributed by atoms with E-state index in [2.05, 4.69) is 0 Å². The molecule has 0 radical (unpaired) electrons. The second kappa shape index (κ2) is 8.16. The summed E-state index contributed by atoms with van der Waals surface area (Å²) in [6, 6.07) is 17.2. The first kappa shape index (κ1) is 23.7. The smallest absolute Gasteiger partial charge is 0.241 e. The minimum absolute atomic E-state index is 0.0651. The average molecular weight is 518 g/mol. The van der Waals surface area contributed by atoms with Gasteiger partial charge in [0.05, 0.1) is 28.6 Å². The third-order valence-corrected chi connectivity index (χ3v) is 7.90. The lowest BCUT2D eigenvalue weighted by atomic mass is 9.77. The average Bonchev–Trinajstić information content (AvgIpc) is 3.46. The number of halogens is 2. The third-order valence-electron chi connectivity index (χ3n) is 7.61. The van der Waals surface area contributed by atoms with Gasteiger partial charge in [-0.2, -0.15) is 0 Å². The lowest BCUT2D eigenvalue weighted by molar-refractivity contribution is -0.127. The molecular formula is C29H21ClFNO5. The first-order valence-electron chi connectivity index (χ1n) is 12.0. The second-order valence-corrected chi connectivity index (χ2v) is 10.3. The lowest BCUT2D eigenvalue weighted by Crippen LogP contribution is -2.51. The second-order valence-electron chi connectivity index (χ2n) is 9.91. The first-order valence-corrected chi connectivity index (χ1v) is 12.3. The van der Waals surface area contributed by atoms with Crippen LogP contribution in [0.15, 0.2) is 66.7 Å². The number of hydrogen-bond donors (Lipinski definition) is 0. The van der Waals surface area contributed by atoms with Gasteiger partial charge in [-0.3, -0.25) is 19.2 Å². The van der Waals surface area contributed by atoms with E-state index in [0.29, 0.717) is 5.56 Å². The topological polar surface area (TPSA) is 80.8 Å². The molecule has 0 unspecified atom stereocenters. The number of ether oxygens (including phenoxy) is 1. The summed E-state index contributed by atoms with van der Waals surface area (Å²) >= 11 is 5.94. The normalized spacial score (nSPS) is 23.9. The lowest BCUT2D eigenvalue weighted by Gasteiger charge is -2.27. The molecule has 3 atom stereocenters. The predicted molar refractivity (Wildman–Crippen MR) is 133 cm³/mol. The molecule has 1 spiro atoms. The van der Waals surface area contributed by atoms with Crippen LogP contribution in [0.3, 0.4) is 0 Å². The Balaban J connectivity index is 1.52. The van der Waals surface area contributed by atoms with Gasteiger partial charge in [0.2, 0.25) is 29.0 Å². The van der Waals surface area contributed by atoms with E-state index in [9.17, 15) is 23.6 Å². The Morgan fingerprint density at radius 1 is 0.892 bits per heavy atom. The largest absolute Gasteiger partial charge is 0.349 e. The number of Topliss-reactive ketones (excluding diaryl/α,β-unsaturated/α-hetero) is 2. The fourth-order valence-corrected chi connectivity index (χ4v) is 5.94. The quantitative estimate of drug-likeness (QED) is 0.348. The number of fused-ring (bicyclic) bond motifs is 3. The minimum atomic E-state index is -2.17. The predicted octanol–water partition coefficient (Wildman–Crippen LogP) is 5.30. The van der Waals surface area contributed by atoms with Crippen molar-refractivity contribution in [1.82, 2.24) is 0 Å². The van der Waals surface area contributed by atoms with Gasteiger partial charge in [0.25, 0.3) is 0 Å². The van der Waals surface area contributed by atoms with Gasteiger partial charge in [-0.05, 0) is 35.2 Å². The van der Waals surface area contributed by atoms with Crippen molar-refractivity contribution in [3.8, 4) is 0 Å². The van der Waals surface area contributed by atoms with E-state index < -0.39 is 52.7 Å². The van der Waals surface area contributed by atoms with Gasteiger partial charge in [-0.15, -0.1) is 0 Å². The SMILES string of the molecule is CC(C)c1ccc([C@H]2OC3(C(=O)c4ccccc4C3=O)[C@@H]3C(=O)N(c4ccc(F)c(Cl)c4)C(=O)[C@H]23)cc1. The molecule has 2 saturated heterocycles. The summed E-state index contributed by atoms with van der Waals surface area (Å²) in [5, 5.41) is -0.262. The molecule has 0 aromatic heterocycles. The van der Waals surface area contributed by atoms with Crippen LogP contribution in [0, 0.1) is 17.7 Å². The molecule has 2 heterocycles. The summed E-state index contributed by atoms with van der Waals surface area (Å²) in [5.74, 6) is -5.62. The summed E-state index contributed by atoms with van der Waals surface area (Å²) in [5.41, 5.74) is -0.148. The number of imide groups is 1. The van der Waals surface area contributed by atoms with E-state index in [1.165, 1.54) is 24.3 Å². The van der Waals surface area contributed by atoms with Crippen LogP contribution >= 0.6 is 11.6 Å². The molecule has 3 aromatic carbocycles. The Bertz CT molecular complexity index is 1480. The number of anilines is 1. The number of benzene rings is 3. The molecule has 2 aliphatic heterocycles. The number of rotatable bonds is 3. The molecule has 2 amide bonds. The molecular weight excluding hydrogens is 497 g/mol. The maximum Gasteiger partial charge on any atom is 0.241 e. The van der Waals surface area contributed by atoms with Gasteiger partial charge in [-0.1, -0.05) is 74.0 Å². The number of amides is 2. The van der Waals surface area contributed by atoms with Crippen molar-refractivity contribution in [1.29, 1.82) is 0 Å². The molecule has 3 aliphatic rings. The van der Waals surface area contributed by atoms with Gasteiger partial charge in [0, 0.05) is 11.1 Å². The van der Waals surface area contributed by atoms with Crippen LogP contribution in [-0.2, 0) is 14.3 Å². The fraction of sp³-hybridized carbons (Fsp3) is 0.241. The monoisotopic (exact) mass is 517 g/mol. The Labute approximate surface area is 217 Å². The van der Waals surface area contributed by atoms with Gasteiger partial charge in [-0.25, -0.2) is 9.29 Å². The van der Waals surface area contributed by atoms with Gasteiger partial charge < -0.3 is 4.74 Å². The number of nitrogens with zero attached hydrogens (tertiary/aromatic N) is 1. The van der Waals surface area contributed by atoms with E-state index in [1.54, 1.807) is 24.3 Å².